The van der Waals surface area contributed by atoms with Gasteiger partial charge in [0.25, 0.3) is 5.56 Å². The molecule has 1 aliphatic rings. The highest BCUT2D eigenvalue weighted by molar-refractivity contribution is 7.46. The van der Waals surface area contributed by atoms with Gasteiger partial charge in [0.1, 0.15) is 24.4 Å². The topological polar surface area (TPSA) is 206 Å². The van der Waals surface area contributed by atoms with Gasteiger partial charge in [0.15, 0.2) is 17.4 Å². The van der Waals surface area contributed by atoms with Gasteiger partial charge >= 0.3 is 7.82 Å². The van der Waals surface area contributed by atoms with Crippen LogP contribution in [0.4, 0.5) is 5.95 Å². The van der Waals surface area contributed by atoms with E-state index in [0.29, 0.717) is 6.42 Å². The summed E-state index contributed by atoms with van der Waals surface area (Å²) in [5, 5.41) is 23.2. The number of fused-ring (bicyclic) bond motifs is 1. The molecule has 0 bridgehead atoms. The van der Waals surface area contributed by atoms with Crippen molar-refractivity contribution in [2.45, 2.75) is 50.4 Å². The second-order valence-corrected chi connectivity index (χ2v) is 9.50. The second kappa shape index (κ2) is 8.65. The highest BCUT2D eigenvalue weighted by atomic mass is 32.1. The smallest absolute Gasteiger partial charge is 0.387 e. The van der Waals surface area contributed by atoms with Gasteiger partial charge in [-0.1, -0.05) is 6.92 Å². The van der Waals surface area contributed by atoms with E-state index in [1.165, 1.54) is 22.2 Å². The van der Waals surface area contributed by atoms with Crippen molar-refractivity contribution in [3.63, 3.8) is 0 Å². The number of nitrogens with zero attached hydrogens (tertiary/aromatic N) is 3. The molecule has 7 N–H and O–H groups in total. The lowest BCUT2D eigenvalue weighted by Crippen LogP contribution is -2.40. The van der Waals surface area contributed by atoms with Crippen molar-refractivity contribution in [1.82, 2.24) is 19.5 Å². The van der Waals surface area contributed by atoms with Gasteiger partial charge in [-0.05, 0) is 23.4 Å². The third-order valence-electron chi connectivity index (χ3n) is 5.24. The molecule has 13 nitrogen and oxygen atoms in total. The summed E-state index contributed by atoms with van der Waals surface area (Å²) in [6, 6.07) is 1.89. The van der Waals surface area contributed by atoms with Crippen molar-refractivity contribution >= 4 is 36.3 Å². The minimum absolute atomic E-state index is 0.0159. The number of anilines is 1. The lowest BCUT2D eigenvalue weighted by atomic mass is 10.0. The van der Waals surface area contributed by atoms with Crippen molar-refractivity contribution in [3.05, 3.63) is 38.6 Å². The van der Waals surface area contributed by atoms with E-state index in [1.807, 2.05) is 18.4 Å². The van der Waals surface area contributed by atoms with Crippen LogP contribution in [-0.4, -0.2) is 63.9 Å². The number of aromatic amines is 1. The zero-order valence-corrected chi connectivity index (χ0v) is 18.4. The highest BCUT2D eigenvalue weighted by Gasteiger charge is 2.49. The third kappa shape index (κ3) is 4.36. The lowest BCUT2D eigenvalue weighted by Gasteiger charge is -2.26. The summed E-state index contributed by atoms with van der Waals surface area (Å²) in [6.45, 7) is 1.94. The number of aliphatic hydroxyl groups excluding tert-OH is 2. The van der Waals surface area contributed by atoms with Gasteiger partial charge in [0, 0.05) is 11.3 Å². The van der Waals surface area contributed by atoms with E-state index in [9.17, 15) is 29.4 Å². The first-order valence-electron chi connectivity index (χ1n) is 9.62. The van der Waals surface area contributed by atoms with Crippen molar-refractivity contribution in [2.75, 3.05) is 5.73 Å². The Morgan fingerprint density at radius 1 is 1.41 bits per heavy atom. The summed E-state index contributed by atoms with van der Waals surface area (Å²) < 4.78 is 23.6. The van der Waals surface area contributed by atoms with Crippen LogP contribution in [0.1, 0.15) is 23.6 Å². The van der Waals surface area contributed by atoms with E-state index >= 15 is 0 Å². The van der Waals surface area contributed by atoms with Crippen LogP contribution in [0.3, 0.4) is 0 Å². The molecule has 4 rings (SSSR count). The van der Waals surface area contributed by atoms with Gasteiger partial charge < -0.3 is 30.5 Å². The zero-order valence-electron chi connectivity index (χ0n) is 16.7. The van der Waals surface area contributed by atoms with E-state index in [1.54, 1.807) is 0 Å². The fraction of sp³-hybridized carbons (Fsp3) is 0.471. The molecule has 174 valence electrons. The summed E-state index contributed by atoms with van der Waals surface area (Å²) in [5.74, 6) is -0.179. The standard InChI is InChI=1S/C17H22N5O8PS/c1-2-7-3-4-32-9(7)5-8(30-31(26,27)28)13-11(23)12(24)16(29-13)22-6-19-10-14(22)20-17(18)21-15(10)25/h3-4,6,8,11-13,16,23-24H,2,5H2,1H3,(H2,26,27,28)(H3,18,20,21,25)/t8?,11-,12+,13+,16+/m0/s1. The quantitative estimate of drug-likeness (QED) is 0.238. The molecule has 4 heterocycles. The number of H-pyrrole nitrogens is 1. The minimum atomic E-state index is -4.96. The number of nitrogens with two attached hydrogens (primary N) is 1. The SMILES string of the molecule is CCc1ccsc1CC(OP(=O)(O)O)[C@H]1O[C@@H](n2cnc3c(=O)[nH]c(N)nc32)[C@H](O)[C@@H]1O. The average Bonchev–Trinajstić information content (AvgIpc) is 3.39. The van der Waals surface area contributed by atoms with Gasteiger partial charge in [0.2, 0.25) is 5.95 Å². The fourth-order valence-corrected chi connectivity index (χ4v) is 5.35. The van der Waals surface area contributed by atoms with Crippen LogP contribution < -0.4 is 11.3 Å². The normalized spacial score (nSPS) is 24.9. The van der Waals surface area contributed by atoms with Crippen molar-refractivity contribution in [1.29, 1.82) is 0 Å². The molecular formula is C17H22N5O8PS. The Kier molecular flexibility index (Phi) is 6.22. The molecule has 1 aliphatic heterocycles. The fourth-order valence-electron chi connectivity index (χ4n) is 3.79. The molecule has 0 aromatic carbocycles. The summed E-state index contributed by atoms with van der Waals surface area (Å²) >= 11 is 1.38. The number of aryl methyl sites for hydroxylation is 1. The maximum Gasteiger partial charge on any atom is 0.469 e. The number of phosphoric acid groups is 1. The monoisotopic (exact) mass is 487 g/mol. The molecule has 1 unspecified atom stereocenters. The van der Waals surface area contributed by atoms with Crippen LogP contribution in [0, 0.1) is 0 Å². The number of hydrogen-bond donors (Lipinski definition) is 6. The molecule has 1 fully saturated rings. The number of hydrogen-bond acceptors (Lipinski definition) is 10. The number of ether oxygens (including phenoxy) is 1. The van der Waals surface area contributed by atoms with E-state index in [-0.39, 0.29) is 23.5 Å². The van der Waals surface area contributed by atoms with Crippen LogP contribution in [0.15, 0.2) is 22.6 Å². The second-order valence-electron chi connectivity index (χ2n) is 7.31. The summed E-state index contributed by atoms with van der Waals surface area (Å²) in [7, 11) is -4.96. The van der Waals surface area contributed by atoms with Gasteiger partial charge in [-0.2, -0.15) is 4.98 Å². The maximum atomic E-state index is 12.0. The third-order valence-corrected chi connectivity index (χ3v) is 6.78. The first-order chi connectivity index (χ1) is 15.1. The molecule has 15 heteroatoms. The van der Waals surface area contributed by atoms with Gasteiger partial charge in [-0.25, -0.2) is 9.55 Å². The molecule has 0 spiro atoms. The molecule has 1 saturated heterocycles. The van der Waals surface area contributed by atoms with Gasteiger partial charge in [0.05, 0.1) is 6.33 Å². The summed E-state index contributed by atoms with van der Waals surface area (Å²) in [6.07, 6.45) is -4.98. The molecule has 3 aromatic rings. The Morgan fingerprint density at radius 3 is 2.84 bits per heavy atom. The average molecular weight is 487 g/mol. The lowest BCUT2D eigenvalue weighted by molar-refractivity contribution is -0.0804. The van der Waals surface area contributed by atoms with Crippen molar-refractivity contribution in [2.24, 2.45) is 0 Å². The van der Waals surface area contributed by atoms with E-state index in [0.717, 1.165) is 10.4 Å². The zero-order chi connectivity index (χ0) is 23.2. The van der Waals surface area contributed by atoms with Crippen LogP contribution >= 0.6 is 19.2 Å². The van der Waals surface area contributed by atoms with Crippen LogP contribution in [0.5, 0.6) is 0 Å². The van der Waals surface area contributed by atoms with E-state index in [2.05, 4.69) is 15.0 Å². The molecule has 0 radical (unpaired) electrons. The van der Waals surface area contributed by atoms with Crippen LogP contribution in [0.25, 0.3) is 11.2 Å². The Bertz CT molecular complexity index is 1220. The first-order valence-corrected chi connectivity index (χ1v) is 12.0. The van der Waals surface area contributed by atoms with Crippen molar-refractivity contribution in [3.8, 4) is 0 Å². The molecular weight excluding hydrogens is 465 g/mol. The number of thiophene rings is 1. The predicted molar refractivity (Wildman–Crippen MR) is 113 cm³/mol. The number of rotatable bonds is 7. The Balaban J connectivity index is 1.68. The Hall–Kier alpha value is -2.16. The summed E-state index contributed by atoms with van der Waals surface area (Å²) in [4.78, 5) is 42.0. The largest absolute Gasteiger partial charge is 0.469 e. The predicted octanol–water partition coefficient (Wildman–Crippen LogP) is -0.335. The number of nitrogens with one attached hydrogen (secondary N) is 1. The van der Waals surface area contributed by atoms with E-state index < -0.39 is 44.0 Å². The summed E-state index contributed by atoms with van der Waals surface area (Å²) in [5.41, 5.74) is 5.93. The Labute approximate surface area is 184 Å². The molecule has 0 aliphatic carbocycles. The molecule has 32 heavy (non-hydrogen) atoms. The number of imidazole rings is 1. The molecule has 0 amide bonds. The Morgan fingerprint density at radius 2 is 2.16 bits per heavy atom. The highest BCUT2D eigenvalue weighted by Crippen LogP contribution is 2.43. The van der Waals surface area contributed by atoms with Crippen LogP contribution in [-0.2, 0) is 26.7 Å². The molecule has 5 atom stereocenters. The van der Waals surface area contributed by atoms with Crippen LogP contribution in [0.2, 0.25) is 0 Å². The molecule has 3 aromatic heterocycles. The van der Waals surface area contributed by atoms with Gasteiger partial charge in [-0.15, -0.1) is 11.3 Å². The molecule has 0 saturated carbocycles. The maximum absolute atomic E-state index is 12.0. The number of nitrogen functional groups attached to an aromatic ring is 1. The van der Waals surface area contributed by atoms with Crippen molar-refractivity contribution < 1.29 is 33.8 Å². The number of phosphoric ester groups is 1. The number of aliphatic hydroxyl groups is 2. The first kappa shape index (κ1) is 23.0. The van der Waals surface area contributed by atoms with Gasteiger partial charge in [-0.3, -0.25) is 18.9 Å². The minimum Gasteiger partial charge on any atom is -0.387 e. The number of aromatic nitrogens is 4. The van der Waals surface area contributed by atoms with E-state index in [4.69, 9.17) is 15.0 Å².